The van der Waals surface area contributed by atoms with E-state index in [1.165, 1.54) is 0 Å². The zero-order valence-electron chi connectivity index (χ0n) is 12.5. The molecule has 0 bridgehead atoms. The van der Waals surface area contributed by atoms with E-state index in [4.69, 9.17) is 14.7 Å². The van der Waals surface area contributed by atoms with E-state index in [1.807, 2.05) is 12.1 Å². The molecule has 0 saturated carbocycles. The van der Waals surface area contributed by atoms with Crippen molar-refractivity contribution in [3.8, 4) is 11.9 Å². The molecule has 0 saturated heterocycles. The van der Waals surface area contributed by atoms with E-state index in [0.29, 0.717) is 25.5 Å². The van der Waals surface area contributed by atoms with Gasteiger partial charge >= 0.3 is 0 Å². The van der Waals surface area contributed by atoms with Gasteiger partial charge in [-0.1, -0.05) is 13.8 Å². The smallest absolute Gasteiger partial charge is 0.213 e. The van der Waals surface area contributed by atoms with Crippen LogP contribution < -0.4 is 10.1 Å². The highest BCUT2D eigenvalue weighted by molar-refractivity contribution is 5.42. The maximum atomic E-state index is 8.63. The van der Waals surface area contributed by atoms with Gasteiger partial charge in [0, 0.05) is 26.1 Å². The number of ether oxygens (including phenoxy) is 2. The third-order valence-electron chi connectivity index (χ3n) is 2.96. The van der Waals surface area contributed by atoms with Gasteiger partial charge in [-0.05, 0) is 17.9 Å². The number of hydrogen-bond donors (Lipinski definition) is 1. The molecule has 1 N–H and O–H groups in total. The van der Waals surface area contributed by atoms with E-state index >= 15 is 0 Å². The van der Waals surface area contributed by atoms with Crippen molar-refractivity contribution >= 4 is 5.69 Å². The van der Waals surface area contributed by atoms with Gasteiger partial charge in [-0.2, -0.15) is 5.26 Å². The largest absolute Gasteiger partial charge is 0.475 e. The molecule has 0 amide bonds. The molecule has 0 fully saturated rings. The zero-order chi connectivity index (χ0) is 14.8. The molecule has 0 atom stereocenters. The van der Waals surface area contributed by atoms with E-state index in [1.54, 1.807) is 13.3 Å². The summed E-state index contributed by atoms with van der Waals surface area (Å²) in [6.45, 7) is 6.15. The first-order valence-corrected chi connectivity index (χ1v) is 6.76. The number of nitrogens with zero attached hydrogens (tertiary/aromatic N) is 2. The lowest BCUT2D eigenvalue weighted by Crippen LogP contribution is -2.22. The van der Waals surface area contributed by atoms with E-state index in [2.05, 4.69) is 30.2 Å². The minimum Gasteiger partial charge on any atom is -0.475 e. The Morgan fingerprint density at radius 1 is 1.35 bits per heavy atom. The number of hydrogen-bond acceptors (Lipinski definition) is 5. The Labute approximate surface area is 120 Å². The summed E-state index contributed by atoms with van der Waals surface area (Å²) in [4.78, 5) is 4.22. The number of methoxy groups -OCH3 is 1. The van der Waals surface area contributed by atoms with Crippen molar-refractivity contribution in [2.75, 3.05) is 32.2 Å². The highest BCUT2D eigenvalue weighted by Crippen LogP contribution is 2.23. The lowest BCUT2D eigenvalue weighted by atomic mass is 9.88. The minimum absolute atomic E-state index is 0.0867. The summed E-state index contributed by atoms with van der Waals surface area (Å²) in [5.41, 5.74) is 1.04. The summed E-state index contributed by atoms with van der Waals surface area (Å²) in [5, 5.41) is 12.0. The predicted octanol–water partition coefficient (Wildman–Crippen LogP) is 2.85. The van der Waals surface area contributed by atoms with E-state index in [-0.39, 0.29) is 5.41 Å². The third kappa shape index (κ3) is 6.39. The Kier molecular flexibility index (Phi) is 6.82. The maximum absolute atomic E-state index is 8.63. The quantitative estimate of drug-likeness (QED) is 0.703. The van der Waals surface area contributed by atoms with Crippen LogP contribution in [0.2, 0.25) is 0 Å². The Morgan fingerprint density at radius 3 is 2.75 bits per heavy atom. The summed E-state index contributed by atoms with van der Waals surface area (Å²) in [5.74, 6) is 0.594. The molecule has 20 heavy (non-hydrogen) atoms. The predicted molar refractivity (Wildman–Crippen MR) is 78.7 cm³/mol. The fourth-order valence-electron chi connectivity index (χ4n) is 1.62. The molecule has 0 aromatic carbocycles. The van der Waals surface area contributed by atoms with Crippen LogP contribution in [-0.2, 0) is 4.74 Å². The van der Waals surface area contributed by atoms with Gasteiger partial charge in [0.25, 0.3) is 0 Å². The van der Waals surface area contributed by atoms with Gasteiger partial charge in [0.15, 0.2) is 0 Å². The third-order valence-corrected chi connectivity index (χ3v) is 2.96. The highest BCUT2D eigenvalue weighted by Gasteiger charge is 2.16. The van der Waals surface area contributed by atoms with E-state index in [9.17, 15) is 0 Å². The average molecular weight is 277 g/mol. The van der Waals surface area contributed by atoms with Crippen LogP contribution in [0.5, 0.6) is 5.88 Å². The molecule has 0 aliphatic heterocycles. The summed E-state index contributed by atoms with van der Waals surface area (Å²) < 4.78 is 10.3. The first-order valence-electron chi connectivity index (χ1n) is 6.76. The molecule has 1 aromatic rings. The Hall–Kier alpha value is -1.80. The fraction of sp³-hybridized carbons (Fsp3) is 0.600. The number of rotatable bonds is 9. The van der Waals surface area contributed by atoms with Gasteiger partial charge in [0.2, 0.25) is 5.88 Å². The van der Waals surface area contributed by atoms with Gasteiger partial charge in [-0.15, -0.1) is 0 Å². The second kappa shape index (κ2) is 8.39. The van der Waals surface area contributed by atoms with Gasteiger partial charge in [0.05, 0.1) is 24.6 Å². The second-order valence-corrected chi connectivity index (χ2v) is 5.40. The van der Waals surface area contributed by atoms with Crippen molar-refractivity contribution in [2.45, 2.75) is 26.7 Å². The lowest BCUT2D eigenvalue weighted by Gasteiger charge is -2.24. The van der Waals surface area contributed by atoms with Crippen LogP contribution in [0.1, 0.15) is 26.7 Å². The van der Waals surface area contributed by atoms with Crippen molar-refractivity contribution < 1.29 is 9.47 Å². The van der Waals surface area contributed by atoms with Gasteiger partial charge < -0.3 is 14.8 Å². The van der Waals surface area contributed by atoms with Crippen LogP contribution in [0.4, 0.5) is 5.69 Å². The second-order valence-electron chi connectivity index (χ2n) is 5.40. The van der Waals surface area contributed by atoms with Crippen molar-refractivity contribution in [3.63, 3.8) is 0 Å². The Balaban J connectivity index is 2.39. The number of nitrogens with one attached hydrogen (secondary N) is 1. The lowest BCUT2D eigenvalue weighted by molar-refractivity contribution is 0.144. The van der Waals surface area contributed by atoms with Gasteiger partial charge in [-0.25, -0.2) is 4.98 Å². The highest BCUT2D eigenvalue weighted by atomic mass is 16.5. The molecule has 0 unspecified atom stereocenters. The summed E-state index contributed by atoms with van der Waals surface area (Å²) in [7, 11) is 1.64. The molecular weight excluding hydrogens is 254 g/mol. The molecule has 110 valence electrons. The molecule has 5 heteroatoms. The molecule has 5 nitrogen and oxygen atoms in total. The molecular formula is C15H23N3O2. The topological polar surface area (TPSA) is 67.2 Å². The number of aromatic nitrogens is 1. The first-order chi connectivity index (χ1) is 9.57. The van der Waals surface area contributed by atoms with Crippen LogP contribution in [0.25, 0.3) is 0 Å². The zero-order valence-corrected chi connectivity index (χ0v) is 12.5. The van der Waals surface area contributed by atoms with Crippen LogP contribution in [0, 0.1) is 16.7 Å². The molecule has 1 rings (SSSR count). The van der Waals surface area contributed by atoms with Crippen LogP contribution >= 0.6 is 0 Å². The SMILES string of the molecule is COCCOc1ccc(NCC(C)(C)CCC#N)cn1. The van der Waals surface area contributed by atoms with Crippen LogP contribution in [0.15, 0.2) is 18.3 Å². The van der Waals surface area contributed by atoms with E-state index < -0.39 is 0 Å². The number of pyridine rings is 1. The van der Waals surface area contributed by atoms with E-state index in [0.717, 1.165) is 18.7 Å². The average Bonchev–Trinajstić information content (AvgIpc) is 2.45. The minimum atomic E-state index is 0.0867. The van der Waals surface area contributed by atoms with Gasteiger partial charge in [0.1, 0.15) is 6.61 Å². The molecule has 0 spiro atoms. The Morgan fingerprint density at radius 2 is 2.15 bits per heavy atom. The number of nitriles is 1. The molecule has 1 aromatic heterocycles. The van der Waals surface area contributed by atoms with Crippen molar-refractivity contribution in [1.82, 2.24) is 4.98 Å². The Bertz CT molecular complexity index is 424. The fourth-order valence-corrected chi connectivity index (χ4v) is 1.62. The molecule has 0 radical (unpaired) electrons. The van der Waals surface area contributed by atoms with Crippen LogP contribution in [0.3, 0.4) is 0 Å². The van der Waals surface area contributed by atoms with Crippen molar-refractivity contribution in [1.29, 1.82) is 5.26 Å². The maximum Gasteiger partial charge on any atom is 0.213 e. The van der Waals surface area contributed by atoms with Gasteiger partial charge in [-0.3, -0.25) is 0 Å². The van der Waals surface area contributed by atoms with Crippen molar-refractivity contribution in [3.05, 3.63) is 18.3 Å². The number of anilines is 1. The first kappa shape index (κ1) is 16.3. The summed E-state index contributed by atoms with van der Waals surface area (Å²) >= 11 is 0. The monoisotopic (exact) mass is 277 g/mol. The normalized spacial score (nSPS) is 10.9. The summed E-state index contributed by atoms with van der Waals surface area (Å²) in [6, 6.07) is 5.96. The molecule has 0 aliphatic rings. The standard InChI is InChI=1S/C15H23N3O2/c1-15(2,7-4-8-16)12-18-13-5-6-14(17-11-13)20-10-9-19-3/h5-6,11,18H,4,7,9-10,12H2,1-3H3. The molecule has 1 heterocycles. The van der Waals surface area contributed by atoms with Crippen LogP contribution in [-0.4, -0.2) is 31.9 Å². The summed E-state index contributed by atoms with van der Waals surface area (Å²) in [6.07, 6.45) is 3.21. The van der Waals surface area contributed by atoms with Crippen molar-refractivity contribution in [2.24, 2.45) is 5.41 Å². The molecule has 0 aliphatic carbocycles.